The van der Waals surface area contributed by atoms with Crippen LogP contribution in [0.1, 0.15) is 20.8 Å². The van der Waals surface area contributed by atoms with Crippen molar-refractivity contribution in [3.63, 3.8) is 0 Å². The smallest absolute Gasteiger partial charge is 0.265 e. The van der Waals surface area contributed by atoms with Gasteiger partial charge in [-0.15, -0.1) is 11.3 Å². The molecule has 2 aromatic heterocycles. The number of carbonyl (C=O) groups is 1. The van der Waals surface area contributed by atoms with E-state index in [0.29, 0.717) is 33.3 Å². The number of anilines is 2. The molecule has 0 unspecified atom stereocenters. The summed E-state index contributed by atoms with van der Waals surface area (Å²) in [6.07, 6.45) is 0. The van der Waals surface area contributed by atoms with E-state index in [1.165, 1.54) is 23.5 Å². The lowest BCUT2D eigenvalue weighted by Gasteiger charge is -2.04. The maximum atomic E-state index is 13.0. The van der Waals surface area contributed by atoms with Gasteiger partial charge in [-0.25, -0.2) is 4.39 Å². The highest BCUT2D eigenvalue weighted by molar-refractivity contribution is 7.20. The van der Waals surface area contributed by atoms with Crippen molar-refractivity contribution in [3.8, 4) is 6.07 Å². The lowest BCUT2D eigenvalue weighted by Crippen LogP contribution is -2.10. The molecule has 138 valence electrons. The molecule has 0 radical (unpaired) electrons. The molecular formula is C20H14FN5OS. The Balaban J connectivity index is 1.47. The lowest BCUT2D eigenvalue weighted by molar-refractivity contribution is 0.103. The second-order valence-corrected chi connectivity index (χ2v) is 7.08. The Morgan fingerprint density at radius 1 is 1.18 bits per heavy atom. The number of halogens is 1. The molecule has 3 N–H and O–H groups in total. The number of rotatable bonds is 5. The minimum atomic E-state index is -0.275. The molecule has 0 saturated heterocycles. The fraction of sp³-hybridized carbons (Fsp3) is 0.0500. The Labute approximate surface area is 163 Å². The SMILES string of the molecule is N#Cc1ccc(NC(=O)c2cc3c(NCc4ccc(F)cc4)[nH]nc3s2)cc1. The Kier molecular flexibility index (Phi) is 4.74. The van der Waals surface area contributed by atoms with Gasteiger partial charge in [0.25, 0.3) is 5.91 Å². The standard InChI is InChI=1S/C20H14FN5OS/c21-14-5-1-13(2-6-14)11-23-18-16-9-17(28-20(16)26-25-18)19(27)24-15-7-3-12(10-22)4-8-15/h1-9H,11H2,(H,24,27)(H2,23,25,26). The van der Waals surface area contributed by atoms with Crippen LogP contribution in [0, 0.1) is 17.1 Å². The van der Waals surface area contributed by atoms with Gasteiger partial charge in [0.15, 0.2) is 0 Å². The van der Waals surface area contributed by atoms with Crippen molar-refractivity contribution >= 4 is 39.0 Å². The minimum absolute atomic E-state index is 0.239. The number of nitrogens with one attached hydrogen (secondary N) is 3. The molecule has 6 nitrogen and oxygen atoms in total. The van der Waals surface area contributed by atoms with Crippen LogP contribution in [-0.4, -0.2) is 16.1 Å². The molecule has 0 saturated carbocycles. The Morgan fingerprint density at radius 3 is 2.64 bits per heavy atom. The van der Waals surface area contributed by atoms with Gasteiger partial charge in [-0.2, -0.15) is 10.4 Å². The van der Waals surface area contributed by atoms with Crippen molar-refractivity contribution in [2.24, 2.45) is 0 Å². The second kappa shape index (κ2) is 7.50. The van der Waals surface area contributed by atoms with Crippen LogP contribution in [0.15, 0.2) is 54.6 Å². The number of aromatic nitrogens is 2. The average Bonchev–Trinajstić information content (AvgIpc) is 3.29. The summed E-state index contributed by atoms with van der Waals surface area (Å²) in [5, 5.41) is 22.8. The largest absolute Gasteiger partial charge is 0.366 e. The van der Waals surface area contributed by atoms with Crippen molar-refractivity contribution in [3.05, 3.63) is 76.4 Å². The van der Waals surface area contributed by atoms with Gasteiger partial charge in [-0.3, -0.25) is 9.89 Å². The summed E-state index contributed by atoms with van der Waals surface area (Å²) in [6.45, 7) is 0.500. The first-order valence-electron chi connectivity index (χ1n) is 8.40. The third kappa shape index (κ3) is 3.70. The normalized spacial score (nSPS) is 10.6. The maximum Gasteiger partial charge on any atom is 0.265 e. The van der Waals surface area contributed by atoms with E-state index in [1.807, 2.05) is 6.07 Å². The van der Waals surface area contributed by atoms with Gasteiger partial charge in [-0.1, -0.05) is 12.1 Å². The molecular weight excluding hydrogens is 377 g/mol. The fourth-order valence-corrected chi connectivity index (χ4v) is 3.56. The molecule has 0 bridgehead atoms. The monoisotopic (exact) mass is 391 g/mol. The van der Waals surface area contributed by atoms with E-state index in [4.69, 9.17) is 5.26 Å². The number of hydrogen-bond acceptors (Lipinski definition) is 5. The zero-order valence-corrected chi connectivity index (χ0v) is 15.3. The topological polar surface area (TPSA) is 93.6 Å². The van der Waals surface area contributed by atoms with Crippen molar-refractivity contribution < 1.29 is 9.18 Å². The number of carbonyl (C=O) groups excluding carboxylic acids is 1. The van der Waals surface area contributed by atoms with Crippen LogP contribution in [-0.2, 0) is 6.54 Å². The van der Waals surface area contributed by atoms with E-state index in [9.17, 15) is 9.18 Å². The van der Waals surface area contributed by atoms with E-state index in [-0.39, 0.29) is 11.7 Å². The maximum absolute atomic E-state index is 13.0. The lowest BCUT2D eigenvalue weighted by atomic mass is 10.2. The third-order valence-electron chi connectivity index (χ3n) is 4.13. The Bertz CT molecular complexity index is 1170. The van der Waals surface area contributed by atoms with Gasteiger partial charge >= 0.3 is 0 Å². The molecule has 0 aliphatic heterocycles. The molecule has 4 aromatic rings. The third-order valence-corrected chi connectivity index (χ3v) is 5.16. The predicted octanol–water partition coefficient (Wildman–Crippen LogP) is 4.50. The Morgan fingerprint density at radius 2 is 1.93 bits per heavy atom. The summed E-state index contributed by atoms with van der Waals surface area (Å²) >= 11 is 1.28. The molecule has 2 aromatic carbocycles. The van der Waals surface area contributed by atoms with Crippen molar-refractivity contribution in [1.29, 1.82) is 5.26 Å². The van der Waals surface area contributed by atoms with Gasteiger partial charge in [0.2, 0.25) is 0 Å². The highest BCUT2D eigenvalue weighted by Crippen LogP contribution is 2.30. The van der Waals surface area contributed by atoms with E-state index < -0.39 is 0 Å². The van der Waals surface area contributed by atoms with Crippen LogP contribution < -0.4 is 10.6 Å². The number of fused-ring (bicyclic) bond motifs is 1. The highest BCUT2D eigenvalue weighted by atomic mass is 32.1. The molecule has 4 rings (SSSR count). The fourth-order valence-electron chi connectivity index (χ4n) is 2.67. The van der Waals surface area contributed by atoms with Crippen LogP contribution in [0.3, 0.4) is 0 Å². The molecule has 0 spiro atoms. The summed E-state index contributed by atoms with van der Waals surface area (Å²) in [4.78, 5) is 13.7. The van der Waals surface area contributed by atoms with Crippen LogP contribution in [0.25, 0.3) is 10.2 Å². The molecule has 1 amide bonds. The van der Waals surface area contributed by atoms with Gasteiger partial charge in [0.05, 0.1) is 21.9 Å². The average molecular weight is 391 g/mol. The molecule has 2 heterocycles. The predicted molar refractivity (Wildman–Crippen MR) is 107 cm³/mol. The molecule has 0 aliphatic rings. The van der Waals surface area contributed by atoms with Gasteiger partial charge in [0.1, 0.15) is 16.5 Å². The molecule has 28 heavy (non-hydrogen) atoms. The summed E-state index contributed by atoms with van der Waals surface area (Å²) in [7, 11) is 0. The number of hydrogen-bond donors (Lipinski definition) is 3. The first kappa shape index (κ1) is 17.7. The van der Waals surface area contributed by atoms with E-state index in [0.717, 1.165) is 10.9 Å². The number of amides is 1. The summed E-state index contributed by atoms with van der Waals surface area (Å²) in [5.74, 6) is 0.189. The van der Waals surface area contributed by atoms with Crippen molar-refractivity contribution in [1.82, 2.24) is 10.2 Å². The van der Waals surface area contributed by atoms with Crippen molar-refractivity contribution in [2.45, 2.75) is 6.54 Å². The van der Waals surface area contributed by atoms with Crippen LogP contribution in [0.4, 0.5) is 15.9 Å². The van der Waals surface area contributed by atoms with Crippen LogP contribution in [0.2, 0.25) is 0 Å². The Hall–Kier alpha value is -3.70. The van der Waals surface area contributed by atoms with Gasteiger partial charge in [0, 0.05) is 12.2 Å². The number of nitrogens with zero attached hydrogens (tertiary/aromatic N) is 2. The molecule has 0 atom stereocenters. The van der Waals surface area contributed by atoms with Crippen LogP contribution >= 0.6 is 11.3 Å². The van der Waals surface area contributed by atoms with Crippen LogP contribution in [0.5, 0.6) is 0 Å². The summed E-state index contributed by atoms with van der Waals surface area (Å²) < 4.78 is 13.0. The number of benzene rings is 2. The zero-order valence-electron chi connectivity index (χ0n) is 14.5. The molecule has 8 heteroatoms. The van der Waals surface area contributed by atoms with E-state index in [1.54, 1.807) is 42.5 Å². The first-order valence-corrected chi connectivity index (χ1v) is 9.22. The second-order valence-electron chi connectivity index (χ2n) is 6.05. The summed E-state index contributed by atoms with van der Waals surface area (Å²) in [6, 6.07) is 16.7. The highest BCUT2D eigenvalue weighted by Gasteiger charge is 2.15. The number of nitriles is 1. The first-order chi connectivity index (χ1) is 13.6. The van der Waals surface area contributed by atoms with Gasteiger partial charge < -0.3 is 10.6 Å². The molecule has 0 fully saturated rings. The number of thiophene rings is 1. The number of H-pyrrole nitrogens is 1. The molecule has 0 aliphatic carbocycles. The van der Waals surface area contributed by atoms with Gasteiger partial charge in [-0.05, 0) is 48.0 Å². The van der Waals surface area contributed by atoms with E-state index in [2.05, 4.69) is 20.8 Å². The van der Waals surface area contributed by atoms with E-state index >= 15 is 0 Å². The van der Waals surface area contributed by atoms with Crippen molar-refractivity contribution in [2.75, 3.05) is 10.6 Å². The summed E-state index contributed by atoms with van der Waals surface area (Å²) in [5.41, 5.74) is 2.08. The quantitative estimate of drug-likeness (QED) is 0.467. The zero-order chi connectivity index (χ0) is 19.5. The minimum Gasteiger partial charge on any atom is -0.366 e. The number of aromatic amines is 1.